The highest BCUT2D eigenvalue weighted by Gasteiger charge is 2.48. The van der Waals surface area contributed by atoms with Gasteiger partial charge in [0, 0.05) is 0 Å². The van der Waals surface area contributed by atoms with Crippen LogP contribution in [0, 0.1) is 0 Å². The SMILES string of the molecule is CC(C)c1ccc(CN2C(=O)NC(C)(c3ccc(C(C)(C)C)cc3)C2=O)cc1. The van der Waals surface area contributed by atoms with Crippen LogP contribution >= 0.6 is 0 Å². The summed E-state index contributed by atoms with van der Waals surface area (Å²) in [6.07, 6.45) is 0. The largest absolute Gasteiger partial charge is 0.325 e. The highest BCUT2D eigenvalue weighted by atomic mass is 16.2. The molecular weight excluding hydrogens is 348 g/mol. The molecule has 1 aliphatic rings. The molecule has 1 heterocycles. The molecule has 0 aliphatic carbocycles. The molecule has 28 heavy (non-hydrogen) atoms. The van der Waals surface area contributed by atoms with E-state index in [-0.39, 0.29) is 23.9 Å². The Kier molecular flexibility index (Phi) is 5.09. The highest BCUT2D eigenvalue weighted by molar-refractivity contribution is 6.07. The van der Waals surface area contributed by atoms with Crippen molar-refractivity contribution in [1.29, 1.82) is 0 Å². The summed E-state index contributed by atoms with van der Waals surface area (Å²) >= 11 is 0. The molecule has 4 heteroatoms. The van der Waals surface area contributed by atoms with E-state index in [1.165, 1.54) is 16.0 Å². The van der Waals surface area contributed by atoms with E-state index in [0.29, 0.717) is 5.92 Å². The van der Waals surface area contributed by atoms with Crippen molar-refractivity contribution >= 4 is 11.9 Å². The number of carbonyl (C=O) groups is 2. The molecule has 1 unspecified atom stereocenters. The molecule has 0 saturated carbocycles. The first-order valence-electron chi connectivity index (χ1n) is 9.86. The van der Waals surface area contributed by atoms with Crippen molar-refractivity contribution in [2.45, 2.75) is 65.0 Å². The van der Waals surface area contributed by atoms with Crippen LogP contribution in [0.3, 0.4) is 0 Å². The van der Waals surface area contributed by atoms with Crippen LogP contribution in [0.25, 0.3) is 0 Å². The maximum Gasteiger partial charge on any atom is 0.325 e. The summed E-state index contributed by atoms with van der Waals surface area (Å²) in [6.45, 7) is 12.8. The van der Waals surface area contributed by atoms with E-state index >= 15 is 0 Å². The lowest BCUT2D eigenvalue weighted by atomic mass is 9.84. The number of hydrogen-bond acceptors (Lipinski definition) is 2. The van der Waals surface area contributed by atoms with E-state index in [9.17, 15) is 9.59 Å². The number of hydrogen-bond donors (Lipinski definition) is 1. The molecule has 1 atom stereocenters. The molecule has 1 fully saturated rings. The lowest BCUT2D eigenvalue weighted by Crippen LogP contribution is -2.40. The van der Waals surface area contributed by atoms with Crippen LogP contribution in [-0.4, -0.2) is 16.8 Å². The van der Waals surface area contributed by atoms with Gasteiger partial charge in [-0.25, -0.2) is 4.79 Å². The van der Waals surface area contributed by atoms with Crippen LogP contribution < -0.4 is 5.32 Å². The highest BCUT2D eigenvalue weighted by Crippen LogP contribution is 2.32. The number of amides is 3. The van der Waals surface area contributed by atoms with Gasteiger partial charge in [-0.3, -0.25) is 9.69 Å². The average molecular weight is 379 g/mol. The average Bonchev–Trinajstić information content (AvgIpc) is 2.86. The zero-order valence-corrected chi connectivity index (χ0v) is 17.7. The Bertz CT molecular complexity index is 876. The Morgan fingerprint density at radius 1 is 0.964 bits per heavy atom. The molecule has 1 N–H and O–H groups in total. The molecule has 2 aromatic rings. The van der Waals surface area contributed by atoms with Gasteiger partial charge in [0.05, 0.1) is 6.54 Å². The molecule has 0 spiro atoms. The van der Waals surface area contributed by atoms with Crippen molar-refractivity contribution < 1.29 is 9.59 Å². The van der Waals surface area contributed by atoms with E-state index < -0.39 is 5.54 Å². The topological polar surface area (TPSA) is 49.4 Å². The Labute approximate surface area is 167 Å². The minimum atomic E-state index is -1.04. The molecule has 4 nitrogen and oxygen atoms in total. The smallest absolute Gasteiger partial charge is 0.319 e. The van der Waals surface area contributed by atoms with Crippen LogP contribution in [0.1, 0.15) is 69.7 Å². The summed E-state index contributed by atoms with van der Waals surface area (Å²) < 4.78 is 0. The van der Waals surface area contributed by atoms with Crippen molar-refractivity contribution in [3.8, 4) is 0 Å². The monoisotopic (exact) mass is 378 g/mol. The van der Waals surface area contributed by atoms with Gasteiger partial charge in [0.15, 0.2) is 0 Å². The number of imide groups is 1. The van der Waals surface area contributed by atoms with Crippen LogP contribution in [-0.2, 0) is 22.3 Å². The van der Waals surface area contributed by atoms with E-state index in [1.807, 2.05) is 36.4 Å². The molecule has 3 rings (SSSR count). The number of nitrogens with one attached hydrogen (secondary N) is 1. The third-order valence-electron chi connectivity index (χ3n) is 5.59. The summed E-state index contributed by atoms with van der Waals surface area (Å²) in [5, 5.41) is 2.89. The van der Waals surface area contributed by atoms with Gasteiger partial charge < -0.3 is 5.32 Å². The third-order valence-corrected chi connectivity index (χ3v) is 5.59. The van der Waals surface area contributed by atoms with E-state index in [4.69, 9.17) is 0 Å². The number of carbonyl (C=O) groups excluding carboxylic acids is 2. The zero-order valence-electron chi connectivity index (χ0n) is 17.7. The van der Waals surface area contributed by atoms with E-state index in [0.717, 1.165) is 11.1 Å². The van der Waals surface area contributed by atoms with Gasteiger partial charge in [0.25, 0.3) is 5.91 Å². The van der Waals surface area contributed by atoms with Gasteiger partial charge in [0.1, 0.15) is 5.54 Å². The molecule has 0 radical (unpaired) electrons. The molecule has 3 amide bonds. The fourth-order valence-corrected chi connectivity index (χ4v) is 3.53. The van der Waals surface area contributed by atoms with Gasteiger partial charge in [0.2, 0.25) is 0 Å². The Balaban J connectivity index is 1.82. The fraction of sp³-hybridized carbons (Fsp3) is 0.417. The lowest BCUT2D eigenvalue weighted by molar-refractivity contribution is -0.131. The number of benzene rings is 2. The van der Waals surface area contributed by atoms with Crippen molar-refractivity contribution in [3.63, 3.8) is 0 Å². The quantitative estimate of drug-likeness (QED) is 0.755. The van der Waals surface area contributed by atoms with Crippen molar-refractivity contribution in [1.82, 2.24) is 10.2 Å². The maximum absolute atomic E-state index is 13.1. The molecule has 0 aromatic heterocycles. The third kappa shape index (κ3) is 3.68. The second kappa shape index (κ2) is 7.08. The van der Waals surface area contributed by atoms with Crippen LogP contribution in [0.4, 0.5) is 4.79 Å². The number of nitrogens with zero attached hydrogens (tertiary/aromatic N) is 1. The van der Waals surface area contributed by atoms with E-state index in [1.54, 1.807) is 6.92 Å². The molecular formula is C24H30N2O2. The second-order valence-electron chi connectivity index (χ2n) is 9.17. The summed E-state index contributed by atoms with van der Waals surface area (Å²) in [5.74, 6) is 0.235. The first kappa shape index (κ1) is 20.1. The Hall–Kier alpha value is -2.62. The van der Waals surface area contributed by atoms with Gasteiger partial charge >= 0.3 is 6.03 Å². The first-order valence-corrected chi connectivity index (χ1v) is 9.86. The van der Waals surface area contributed by atoms with Gasteiger partial charge in [-0.1, -0.05) is 83.1 Å². The Morgan fingerprint density at radius 2 is 1.54 bits per heavy atom. The first-order chi connectivity index (χ1) is 13.0. The van der Waals surface area contributed by atoms with Crippen LogP contribution in [0.5, 0.6) is 0 Å². The lowest BCUT2D eigenvalue weighted by Gasteiger charge is -2.24. The predicted octanol–water partition coefficient (Wildman–Crippen LogP) is 5.07. The van der Waals surface area contributed by atoms with Crippen LogP contribution in [0.2, 0.25) is 0 Å². The summed E-state index contributed by atoms with van der Waals surface area (Å²) in [7, 11) is 0. The molecule has 2 aromatic carbocycles. The van der Waals surface area contributed by atoms with Crippen LogP contribution in [0.15, 0.2) is 48.5 Å². The normalized spacial score (nSPS) is 20.0. The minimum Gasteiger partial charge on any atom is -0.319 e. The standard InChI is InChI=1S/C24H30N2O2/c1-16(2)18-9-7-17(8-10-18)15-26-21(27)24(6,25-22(26)28)20-13-11-19(12-14-20)23(3,4)5/h7-14,16H,15H2,1-6H3,(H,25,28). The van der Waals surface area contributed by atoms with Crippen molar-refractivity contribution in [3.05, 3.63) is 70.8 Å². The van der Waals surface area contributed by atoms with Gasteiger partial charge in [-0.2, -0.15) is 0 Å². The minimum absolute atomic E-state index is 0.0382. The van der Waals surface area contributed by atoms with Gasteiger partial charge in [-0.15, -0.1) is 0 Å². The van der Waals surface area contributed by atoms with Crippen molar-refractivity contribution in [2.75, 3.05) is 0 Å². The molecule has 1 aliphatic heterocycles. The molecule has 148 valence electrons. The van der Waals surface area contributed by atoms with E-state index in [2.05, 4.69) is 52.1 Å². The van der Waals surface area contributed by atoms with Crippen molar-refractivity contribution in [2.24, 2.45) is 0 Å². The summed E-state index contributed by atoms with van der Waals surface area (Å²) in [6, 6.07) is 15.7. The maximum atomic E-state index is 13.1. The molecule has 0 bridgehead atoms. The second-order valence-corrected chi connectivity index (χ2v) is 9.17. The number of urea groups is 1. The summed E-state index contributed by atoms with van der Waals surface area (Å²) in [4.78, 5) is 27.0. The number of rotatable bonds is 4. The van der Waals surface area contributed by atoms with Gasteiger partial charge in [-0.05, 0) is 40.5 Å². The molecule has 1 saturated heterocycles. The zero-order chi connectivity index (χ0) is 20.7. The fourth-order valence-electron chi connectivity index (χ4n) is 3.53. The predicted molar refractivity (Wildman–Crippen MR) is 112 cm³/mol. The Morgan fingerprint density at radius 3 is 2.04 bits per heavy atom. The summed E-state index contributed by atoms with van der Waals surface area (Å²) in [5.41, 5.74) is 3.18.